The lowest BCUT2D eigenvalue weighted by Crippen LogP contribution is -2.38. The summed E-state index contributed by atoms with van der Waals surface area (Å²) in [6, 6.07) is 4.46. The van der Waals surface area contributed by atoms with Gasteiger partial charge < -0.3 is 14.6 Å². The van der Waals surface area contributed by atoms with Gasteiger partial charge in [0.25, 0.3) is 0 Å². The number of carboxylic acids is 1. The second-order valence-electron chi connectivity index (χ2n) is 5.39. The van der Waals surface area contributed by atoms with Crippen molar-refractivity contribution in [2.24, 2.45) is 5.92 Å². The Morgan fingerprint density at radius 3 is 2.62 bits per heavy atom. The monoisotopic (exact) mass is 360 g/mol. The quantitative estimate of drug-likeness (QED) is 0.587. The molecule has 1 fully saturated rings. The first-order valence-corrected chi connectivity index (χ1v) is 7.41. The minimum absolute atomic E-state index is 0. The highest BCUT2D eigenvalue weighted by molar-refractivity contribution is 5.85. The van der Waals surface area contributed by atoms with Crippen LogP contribution in [-0.4, -0.2) is 54.3 Å². The number of likely N-dealkylation sites (tertiary alicyclic amines) is 1. The Kier molecular flexibility index (Phi) is 7.73. The first-order valence-electron chi connectivity index (χ1n) is 7.41. The van der Waals surface area contributed by atoms with Crippen LogP contribution in [0.15, 0.2) is 18.2 Å². The highest BCUT2D eigenvalue weighted by Crippen LogP contribution is 2.31. The summed E-state index contributed by atoms with van der Waals surface area (Å²) in [5.41, 5.74) is -0.131. The number of hydrogen-bond donors (Lipinski definition) is 1. The van der Waals surface area contributed by atoms with Crippen molar-refractivity contribution in [1.29, 1.82) is 0 Å². The van der Waals surface area contributed by atoms with Crippen LogP contribution in [0.2, 0.25) is 0 Å². The normalized spacial score (nSPS) is 15.4. The van der Waals surface area contributed by atoms with E-state index in [1.165, 1.54) is 19.2 Å². The van der Waals surface area contributed by atoms with Gasteiger partial charge >= 0.3 is 11.7 Å². The summed E-state index contributed by atoms with van der Waals surface area (Å²) in [5, 5.41) is 20.0. The summed E-state index contributed by atoms with van der Waals surface area (Å²) in [5.74, 6) is -0.402. The Bertz CT molecular complexity index is 575. The molecule has 1 heterocycles. The number of nitro benzene ring substituents is 1. The van der Waals surface area contributed by atoms with E-state index >= 15 is 0 Å². The topological polar surface area (TPSA) is 102 Å². The van der Waals surface area contributed by atoms with Crippen LogP contribution in [0, 0.1) is 16.0 Å². The van der Waals surface area contributed by atoms with Crippen LogP contribution in [0.1, 0.15) is 12.8 Å². The van der Waals surface area contributed by atoms with Crippen molar-refractivity contribution in [3.05, 3.63) is 28.3 Å². The number of nitro groups is 1. The molecule has 1 aliphatic rings. The van der Waals surface area contributed by atoms with Crippen molar-refractivity contribution in [2.45, 2.75) is 12.8 Å². The standard InChI is InChI=1S/C15H20N2O6.ClH/c1-22-12-2-3-14(13(10-12)17(20)21)23-9-8-16-6-4-11(5-7-16)15(18)19;/h2-3,10-11H,4-9H2,1H3,(H,18,19);1H. The number of rotatable bonds is 7. The molecule has 0 unspecified atom stereocenters. The summed E-state index contributed by atoms with van der Waals surface area (Å²) >= 11 is 0. The highest BCUT2D eigenvalue weighted by Gasteiger charge is 2.24. The van der Waals surface area contributed by atoms with Crippen molar-refractivity contribution in [3.8, 4) is 11.5 Å². The lowest BCUT2D eigenvalue weighted by Gasteiger charge is -2.29. The van der Waals surface area contributed by atoms with Gasteiger partial charge in [0.15, 0.2) is 5.75 Å². The SMILES string of the molecule is COc1ccc(OCCN2CCC(C(=O)O)CC2)c([N+](=O)[O-])c1.Cl. The minimum Gasteiger partial charge on any atom is -0.496 e. The highest BCUT2D eigenvalue weighted by atomic mass is 35.5. The van der Waals surface area contributed by atoms with Gasteiger partial charge in [0.1, 0.15) is 12.4 Å². The molecule has 0 aliphatic carbocycles. The van der Waals surface area contributed by atoms with E-state index in [-0.39, 0.29) is 29.8 Å². The maximum absolute atomic E-state index is 11.1. The Morgan fingerprint density at radius 1 is 1.42 bits per heavy atom. The second-order valence-corrected chi connectivity index (χ2v) is 5.39. The lowest BCUT2D eigenvalue weighted by atomic mass is 9.97. The van der Waals surface area contributed by atoms with Gasteiger partial charge in [0, 0.05) is 6.54 Å². The summed E-state index contributed by atoms with van der Waals surface area (Å²) in [6.45, 7) is 2.32. The number of piperidine rings is 1. The zero-order valence-corrected chi connectivity index (χ0v) is 14.2. The van der Waals surface area contributed by atoms with E-state index in [0.29, 0.717) is 44.8 Å². The zero-order valence-electron chi connectivity index (χ0n) is 13.3. The fraction of sp³-hybridized carbons (Fsp3) is 0.533. The number of methoxy groups -OCH3 is 1. The van der Waals surface area contributed by atoms with Crippen LogP contribution in [-0.2, 0) is 4.79 Å². The average Bonchev–Trinajstić information content (AvgIpc) is 2.55. The molecular weight excluding hydrogens is 340 g/mol. The Labute approximate surface area is 145 Å². The molecule has 8 nitrogen and oxygen atoms in total. The molecule has 0 aromatic heterocycles. The minimum atomic E-state index is -0.741. The van der Waals surface area contributed by atoms with E-state index < -0.39 is 10.9 Å². The molecule has 2 rings (SSSR count). The Morgan fingerprint density at radius 2 is 2.08 bits per heavy atom. The number of hydrogen-bond acceptors (Lipinski definition) is 6. The molecule has 0 amide bonds. The number of aliphatic carboxylic acids is 1. The van der Waals surface area contributed by atoms with Gasteiger partial charge in [0.2, 0.25) is 0 Å². The zero-order chi connectivity index (χ0) is 16.8. The van der Waals surface area contributed by atoms with Crippen LogP contribution < -0.4 is 9.47 Å². The molecule has 1 aliphatic heterocycles. The molecule has 1 saturated heterocycles. The summed E-state index contributed by atoms with van der Waals surface area (Å²) in [6.07, 6.45) is 1.25. The van der Waals surface area contributed by atoms with Gasteiger partial charge in [-0.3, -0.25) is 19.8 Å². The number of benzene rings is 1. The van der Waals surface area contributed by atoms with Crippen LogP contribution >= 0.6 is 12.4 Å². The van der Waals surface area contributed by atoms with Gasteiger partial charge in [-0.25, -0.2) is 0 Å². The van der Waals surface area contributed by atoms with Crippen molar-refractivity contribution < 1.29 is 24.3 Å². The van der Waals surface area contributed by atoms with E-state index in [9.17, 15) is 14.9 Å². The molecule has 9 heteroatoms. The fourth-order valence-corrected chi connectivity index (χ4v) is 2.58. The van der Waals surface area contributed by atoms with Gasteiger partial charge in [-0.15, -0.1) is 12.4 Å². The van der Waals surface area contributed by atoms with Crippen LogP contribution in [0.25, 0.3) is 0 Å². The third-order valence-corrected chi connectivity index (χ3v) is 3.96. The third kappa shape index (κ3) is 5.24. The summed E-state index contributed by atoms with van der Waals surface area (Å²) in [4.78, 5) is 23.6. The number of carboxylic acid groups (broad SMARTS) is 1. The molecule has 134 valence electrons. The second kappa shape index (κ2) is 9.29. The van der Waals surface area contributed by atoms with Gasteiger partial charge in [-0.1, -0.05) is 0 Å². The number of nitrogens with zero attached hydrogens (tertiary/aromatic N) is 2. The molecule has 0 saturated carbocycles. The van der Waals surface area contributed by atoms with Crippen LogP contribution in [0.4, 0.5) is 5.69 Å². The number of ether oxygens (including phenoxy) is 2. The maximum Gasteiger partial charge on any atom is 0.314 e. The molecule has 0 bridgehead atoms. The average molecular weight is 361 g/mol. The van der Waals surface area contributed by atoms with Crippen molar-refractivity contribution in [3.63, 3.8) is 0 Å². The fourth-order valence-electron chi connectivity index (χ4n) is 2.58. The molecule has 1 aromatic rings. The Hall–Kier alpha value is -2.06. The molecule has 24 heavy (non-hydrogen) atoms. The predicted octanol–water partition coefficient (Wildman–Crippen LogP) is 2.20. The Balaban J connectivity index is 0.00000288. The van der Waals surface area contributed by atoms with Gasteiger partial charge in [0.05, 0.1) is 24.0 Å². The lowest BCUT2D eigenvalue weighted by molar-refractivity contribution is -0.385. The van der Waals surface area contributed by atoms with E-state index in [2.05, 4.69) is 4.90 Å². The molecule has 1 aromatic carbocycles. The van der Waals surface area contributed by atoms with Crippen LogP contribution in [0.3, 0.4) is 0 Å². The first kappa shape index (κ1) is 20.0. The van der Waals surface area contributed by atoms with Crippen molar-refractivity contribution in [1.82, 2.24) is 4.90 Å². The smallest absolute Gasteiger partial charge is 0.314 e. The predicted molar refractivity (Wildman–Crippen MR) is 89.2 cm³/mol. The number of carbonyl (C=O) groups is 1. The largest absolute Gasteiger partial charge is 0.496 e. The molecule has 0 atom stereocenters. The van der Waals surface area contributed by atoms with E-state index in [1.54, 1.807) is 6.07 Å². The summed E-state index contributed by atoms with van der Waals surface area (Å²) in [7, 11) is 1.44. The van der Waals surface area contributed by atoms with Crippen LogP contribution in [0.5, 0.6) is 11.5 Å². The molecule has 1 N–H and O–H groups in total. The molecular formula is C15H21ClN2O6. The molecule has 0 radical (unpaired) electrons. The van der Waals surface area contributed by atoms with Gasteiger partial charge in [-0.2, -0.15) is 0 Å². The molecule has 0 spiro atoms. The van der Waals surface area contributed by atoms with E-state index in [1.807, 2.05) is 0 Å². The van der Waals surface area contributed by atoms with Crippen molar-refractivity contribution >= 4 is 24.1 Å². The maximum atomic E-state index is 11.1. The number of halogens is 1. The summed E-state index contributed by atoms with van der Waals surface area (Å²) < 4.78 is 10.5. The van der Waals surface area contributed by atoms with Crippen molar-refractivity contribution in [2.75, 3.05) is 33.4 Å². The first-order chi connectivity index (χ1) is 11.0. The third-order valence-electron chi connectivity index (χ3n) is 3.96. The van der Waals surface area contributed by atoms with E-state index in [4.69, 9.17) is 14.6 Å². The van der Waals surface area contributed by atoms with Gasteiger partial charge in [-0.05, 0) is 38.1 Å². The van der Waals surface area contributed by atoms with E-state index in [0.717, 1.165) is 0 Å².